The number of carbonyl (C=O) groups is 3. The molecule has 0 spiro atoms. The molecule has 148 valence electrons. The Bertz CT molecular complexity index is 724. The van der Waals surface area contributed by atoms with Crippen LogP contribution in [0.15, 0.2) is 24.3 Å². The van der Waals surface area contributed by atoms with E-state index in [1.807, 2.05) is 20.8 Å². The summed E-state index contributed by atoms with van der Waals surface area (Å²) in [6.07, 6.45) is -4.79. The number of hydrogen-bond donors (Lipinski definition) is 2. The van der Waals surface area contributed by atoms with E-state index in [0.717, 1.165) is 0 Å². The van der Waals surface area contributed by atoms with Crippen molar-refractivity contribution < 1.29 is 27.6 Å². The zero-order chi connectivity index (χ0) is 20.4. The van der Waals surface area contributed by atoms with Crippen LogP contribution in [0.4, 0.5) is 18.9 Å². The zero-order valence-corrected chi connectivity index (χ0v) is 15.3. The third kappa shape index (κ3) is 5.45. The molecule has 2 rings (SSSR count). The van der Waals surface area contributed by atoms with Gasteiger partial charge in [0.2, 0.25) is 11.8 Å². The molecule has 0 saturated carbocycles. The van der Waals surface area contributed by atoms with Gasteiger partial charge in [0.25, 0.3) is 0 Å². The maximum Gasteiger partial charge on any atom is 0.471 e. The molecule has 1 aromatic carbocycles. The van der Waals surface area contributed by atoms with Crippen molar-refractivity contribution in [2.75, 3.05) is 11.9 Å². The van der Waals surface area contributed by atoms with E-state index in [9.17, 15) is 27.6 Å². The van der Waals surface area contributed by atoms with Crippen molar-refractivity contribution in [2.45, 2.75) is 45.5 Å². The van der Waals surface area contributed by atoms with Gasteiger partial charge in [0.05, 0.1) is 5.92 Å². The first kappa shape index (κ1) is 20.7. The van der Waals surface area contributed by atoms with Crippen LogP contribution in [-0.2, 0) is 20.9 Å². The highest BCUT2D eigenvalue weighted by Crippen LogP contribution is 2.26. The van der Waals surface area contributed by atoms with Crippen LogP contribution in [0.3, 0.4) is 0 Å². The molecule has 3 amide bonds. The minimum absolute atomic E-state index is 0.00890. The predicted molar refractivity (Wildman–Crippen MR) is 92.5 cm³/mol. The lowest BCUT2D eigenvalue weighted by Gasteiger charge is -2.31. The Morgan fingerprint density at radius 1 is 1.15 bits per heavy atom. The van der Waals surface area contributed by atoms with Crippen LogP contribution in [0.25, 0.3) is 0 Å². The van der Waals surface area contributed by atoms with Crippen LogP contribution < -0.4 is 10.6 Å². The lowest BCUT2D eigenvalue weighted by Crippen LogP contribution is -2.43. The topological polar surface area (TPSA) is 78.5 Å². The fourth-order valence-electron chi connectivity index (χ4n) is 2.77. The second-order valence-corrected chi connectivity index (χ2v) is 7.44. The molecule has 1 unspecified atom stereocenters. The normalized spacial score (nSPS) is 17.8. The number of likely N-dealkylation sites (tertiary alicyclic amines) is 1. The van der Waals surface area contributed by atoms with Crippen LogP contribution in [-0.4, -0.2) is 40.9 Å². The molecule has 2 N–H and O–H groups in total. The molecule has 1 fully saturated rings. The number of carbonyl (C=O) groups excluding carboxylic acids is 3. The lowest BCUT2D eigenvalue weighted by molar-refractivity contribution is -0.167. The third-order valence-electron chi connectivity index (χ3n) is 4.24. The molecule has 0 aliphatic carbocycles. The van der Waals surface area contributed by atoms with Gasteiger partial charge in [-0.05, 0) is 38.5 Å². The van der Waals surface area contributed by atoms with Gasteiger partial charge in [-0.25, -0.2) is 0 Å². The molecule has 1 saturated heterocycles. The fraction of sp³-hybridized carbons (Fsp3) is 0.500. The van der Waals surface area contributed by atoms with Crippen molar-refractivity contribution in [3.63, 3.8) is 0 Å². The first-order chi connectivity index (χ1) is 12.4. The van der Waals surface area contributed by atoms with E-state index in [-0.39, 0.29) is 36.0 Å². The molecule has 1 aromatic rings. The van der Waals surface area contributed by atoms with E-state index in [4.69, 9.17) is 0 Å². The van der Waals surface area contributed by atoms with Crippen molar-refractivity contribution in [1.29, 1.82) is 0 Å². The Balaban J connectivity index is 1.87. The van der Waals surface area contributed by atoms with E-state index >= 15 is 0 Å². The summed E-state index contributed by atoms with van der Waals surface area (Å²) < 4.78 is 36.6. The van der Waals surface area contributed by atoms with Gasteiger partial charge in [-0.3, -0.25) is 14.4 Å². The molecule has 1 aliphatic heterocycles. The van der Waals surface area contributed by atoms with Gasteiger partial charge < -0.3 is 15.5 Å². The van der Waals surface area contributed by atoms with Gasteiger partial charge in [0.15, 0.2) is 0 Å². The molecule has 1 heterocycles. The van der Waals surface area contributed by atoms with Crippen molar-refractivity contribution >= 4 is 23.4 Å². The van der Waals surface area contributed by atoms with Crippen LogP contribution >= 0.6 is 0 Å². The standard InChI is InChI=1S/C18H22F3N3O3/c1-17(2,3)24-10-12(8-14(24)25)15(26)22-9-11-4-6-13(7-5-11)23-16(27)18(19,20)21/h4-7,12H,8-10H2,1-3H3,(H,22,26)(H,23,27). The number of anilines is 1. The quantitative estimate of drug-likeness (QED) is 0.836. The minimum atomic E-state index is -4.95. The molecule has 0 aromatic heterocycles. The smallest absolute Gasteiger partial charge is 0.352 e. The SMILES string of the molecule is CC(C)(C)N1CC(C(=O)NCc2ccc(NC(=O)C(F)(F)F)cc2)CC1=O. The van der Waals surface area contributed by atoms with E-state index in [2.05, 4.69) is 5.32 Å². The summed E-state index contributed by atoms with van der Waals surface area (Å²) in [6, 6.07) is 5.66. The predicted octanol–water partition coefficient (Wildman–Crippen LogP) is 2.45. The largest absolute Gasteiger partial charge is 0.471 e. The van der Waals surface area contributed by atoms with Gasteiger partial charge in [-0.15, -0.1) is 0 Å². The summed E-state index contributed by atoms with van der Waals surface area (Å²) in [5.74, 6) is -2.78. The molecule has 9 heteroatoms. The number of nitrogens with one attached hydrogen (secondary N) is 2. The van der Waals surface area contributed by atoms with E-state index < -0.39 is 18.0 Å². The van der Waals surface area contributed by atoms with Gasteiger partial charge in [-0.1, -0.05) is 12.1 Å². The molecular weight excluding hydrogens is 363 g/mol. The average molecular weight is 385 g/mol. The first-order valence-electron chi connectivity index (χ1n) is 8.43. The van der Waals surface area contributed by atoms with Crippen LogP contribution in [0, 0.1) is 5.92 Å². The van der Waals surface area contributed by atoms with Crippen LogP contribution in [0.2, 0.25) is 0 Å². The highest BCUT2D eigenvalue weighted by molar-refractivity contribution is 5.94. The maximum absolute atomic E-state index is 12.3. The van der Waals surface area contributed by atoms with Gasteiger partial charge in [0, 0.05) is 30.7 Å². The second-order valence-electron chi connectivity index (χ2n) is 7.44. The third-order valence-corrected chi connectivity index (χ3v) is 4.24. The lowest BCUT2D eigenvalue weighted by atomic mass is 10.1. The Morgan fingerprint density at radius 2 is 1.74 bits per heavy atom. The summed E-state index contributed by atoms with van der Waals surface area (Å²) in [4.78, 5) is 36.9. The Morgan fingerprint density at radius 3 is 2.22 bits per heavy atom. The second kappa shape index (κ2) is 7.58. The van der Waals surface area contributed by atoms with Crippen molar-refractivity contribution in [3.05, 3.63) is 29.8 Å². The summed E-state index contributed by atoms with van der Waals surface area (Å²) in [5.41, 5.74) is 0.322. The summed E-state index contributed by atoms with van der Waals surface area (Å²) >= 11 is 0. The molecule has 27 heavy (non-hydrogen) atoms. The molecule has 1 aliphatic rings. The first-order valence-corrected chi connectivity index (χ1v) is 8.43. The number of hydrogen-bond acceptors (Lipinski definition) is 3. The molecule has 6 nitrogen and oxygen atoms in total. The number of halogens is 3. The average Bonchev–Trinajstić information content (AvgIpc) is 2.95. The number of amides is 3. The minimum Gasteiger partial charge on any atom is -0.352 e. The number of nitrogens with zero attached hydrogens (tertiary/aromatic N) is 1. The fourth-order valence-corrected chi connectivity index (χ4v) is 2.77. The number of alkyl halides is 3. The Kier molecular flexibility index (Phi) is 5.82. The van der Waals surface area contributed by atoms with Crippen molar-refractivity contribution in [1.82, 2.24) is 10.2 Å². The van der Waals surface area contributed by atoms with E-state index in [1.54, 1.807) is 10.2 Å². The van der Waals surface area contributed by atoms with Gasteiger partial charge in [0.1, 0.15) is 0 Å². The summed E-state index contributed by atoms with van der Waals surface area (Å²) in [5, 5.41) is 4.48. The highest BCUT2D eigenvalue weighted by Gasteiger charge is 2.39. The summed E-state index contributed by atoms with van der Waals surface area (Å²) in [7, 11) is 0. The van der Waals surface area contributed by atoms with Crippen molar-refractivity contribution in [2.24, 2.45) is 5.92 Å². The Labute approximate surface area is 155 Å². The zero-order valence-electron chi connectivity index (χ0n) is 15.3. The number of rotatable bonds is 4. The van der Waals surface area contributed by atoms with Gasteiger partial charge in [-0.2, -0.15) is 13.2 Å². The Hall–Kier alpha value is -2.58. The maximum atomic E-state index is 12.3. The van der Waals surface area contributed by atoms with Crippen LogP contribution in [0.1, 0.15) is 32.8 Å². The highest BCUT2D eigenvalue weighted by atomic mass is 19.4. The van der Waals surface area contributed by atoms with E-state index in [0.29, 0.717) is 12.1 Å². The number of benzene rings is 1. The van der Waals surface area contributed by atoms with Crippen LogP contribution in [0.5, 0.6) is 0 Å². The molecule has 0 bridgehead atoms. The van der Waals surface area contributed by atoms with Crippen molar-refractivity contribution in [3.8, 4) is 0 Å². The monoisotopic (exact) mass is 385 g/mol. The molecule has 0 radical (unpaired) electrons. The molecular formula is C18H22F3N3O3. The molecule has 1 atom stereocenters. The summed E-state index contributed by atoms with van der Waals surface area (Å²) in [6.45, 7) is 6.25. The van der Waals surface area contributed by atoms with Gasteiger partial charge >= 0.3 is 12.1 Å². The van der Waals surface area contributed by atoms with E-state index in [1.165, 1.54) is 24.3 Å².